The van der Waals surface area contributed by atoms with Gasteiger partial charge >= 0.3 is 10.1 Å². The van der Waals surface area contributed by atoms with Crippen LogP contribution in [0, 0.1) is 6.92 Å². The number of hydrogen-bond acceptors (Lipinski definition) is 4. The van der Waals surface area contributed by atoms with Crippen molar-refractivity contribution in [3.8, 4) is 11.5 Å². The summed E-state index contributed by atoms with van der Waals surface area (Å²) in [6, 6.07) is 4.56. The average Bonchev–Trinajstić information content (AvgIpc) is 2.62. The maximum absolute atomic E-state index is 12.8. The summed E-state index contributed by atoms with van der Waals surface area (Å²) in [5.74, 6) is 0.424. The molecule has 1 rings (SSSR count). The van der Waals surface area contributed by atoms with E-state index in [0.717, 1.165) is 32.1 Å². The molecule has 0 bridgehead atoms. The van der Waals surface area contributed by atoms with E-state index >= 15 is 0 Å². The molecular weight excluding hydrogens is 360 g/mol. The van der Waals surface area contributed by atoms with Crippen molar-refractivity contribution in [1.29, 1.82) is 0 Å². The first kappa shape index (κ1) is 23.8. The van der Waals surface area contributed by atoms with Gasteiger partial charge in [0.15, 0.2) is 0 Å². The van der Waals surface area contributed by atoms with Gasteiger partial charge in [0.2, 0.25) is 0 Å². The molecule has 0 heterocycles. The Morgan fingerprint density at radius 1 is 0.889 bits per heavy atom. The lowest BCUT2D eigenvalue weighted by Gasteiger charge is -2.18. The molecule has 1 atom stereocenters. The van der Waals surface area contributed by atoms with Gasteiger partial charge in [0.1, 0.15) is 11.5 Å². The van der Waals surface area contributed by atoms with Gasteiger partial charge in [-0.05, 0) is 43.5 Å². The van der Waals surface area contributed by atoms with E-state index in [-0.39, 0.29) is 11.5 Å². The van der Waals surface area contributed by atoms with E-state index in [0.29, 0.717) is 18.4 Å². The zero-order valence-corrected chi connectivity index (χ0v) is 18.2. The number of phenols is 1. The minimum atomic E-state index is -3.67. The van der Waals surface area contributed by atoms with E-state index in [1.54, 1.807) is 13.0 Å². The van der Waals surface area contributed by atoms with Crippen LogP contribution < -0.4 is 4.18 Å². The number of aromatic hydroxyl groups is 1. The van der Waals surface area contributed by atoms with Crippen molar-refractivity contribution < 1.29 is 17.7 Å². The monoisotopic (exact) mass is 398 g/mol. The fourth-order valence-electron chi connectivity index (χ4n) is 3.27. The molecule has 156 valence electrons. The second-order valence-corrected chi connectivity index (χ2v) is 9.37. The van der Waals surface area contributed by atoms with Crippen LogP contribution >= 0.6 is 0 Å². The molecule has 1 aromatic rings. The van der Waals surface area contributed by atoms with Gasteiger partial charge in [-0.3, -0.25) is 0 Å². The lowest BCUT2D eigenvalue weighted by atomic mass is 10.0. The number of rotatable bonds is 15. The lowest BCUT2D eigenvalue weighted by Crippen LogP contribution is -2.26. The number of benzene rings is 1. The Morgan fingerprint density at radius 3 is 2.00 bits per heavy atom. The van der Waals surface area contributed by atoms with Crippen molar-refractivity contribution in [2.45, 2.75) is 103 Å². The third kappa shape index (κ3) is 9.50. The van der Waals surface area contributed by atoms with Crippen LogP contribution in [-0.4, -0.2) is 18.8 Å². The number of phenolic OH excluding ortho intramolecular Hbond substituents is 1. The van der Waals surface area contributed by atoms with Crippen molar-refractivity contribution in [2.24, 2.45) is 0 Å². The highest BCUT2D eigenvalue weighted by Gasteiger charge is 2.27. The fourth-order valence-corrected chi connectivity index (χ4v) is 4.68. The summed E-state index contributed by atoms with van der Waals surface area (Å²) in [4.78, 5) is 0. The van der Waals surface area contributed by atoms with Gasteiger partial charge in [0.25, 0.3) is 0 Å². The Bertz CT molecular complexity index is 625. The predicted molar refractivity (Wildman–Crippen MR) is 113 cm³/mol. The van der Waals surface area contributed by atoms with Crippen LogP contribution in [0.25, 0.3) is 0 Å². The van der Waals surface area contributed by atoms with Gasteiger partial charge in [0, 0.05) is 0 Å². The molecule has 0 radical (unpaired) electrons. The summed E-state index contributed by atoms with van der Waals surface area (Å²) >= 11 is 0. The number of unbranched alkanes of at least 4 members (excludes halogenated alkanes) is 8. The average molecular weight is 399 g/mol. The van der Waals surface area contributed by atoms with Crippen molar-refractivity contribution in [2.75, 3.05) is 0 Å². The van der Waals surface area contributed by atoms with Crippen molar-refractivity contribution >= 4 is 10.1 Å². The van der Waals surface area contributed by atoms with Crippen LogP contribution in [0.15, 0.2) is 18.2 Å². The Morgan fingerprint density at radius 2 is 1.41 bits per heavy atom. The molecule has 0 fully saturated rings. The van der Waals surface area contributed by atoms with E-state index in [4.69, 9.17) is 4.18 Å². The molecule has 0 aliphatic heterocycles. The molecule has 1 unspecified atom stereocenters. The standard InChI is InChI=1S/C22H38O4S/c1-4-6-8-9-10-11-13-15-21(14-12-7-5-2)27(24,25)26-20-16-17-22(23)19(3)18-20/h16-18,21,23H,4-15H2,1-3H3. The number of hydrogen-bond donors (Lipinski definition) is 1. The molecule has 0 aliphatic carbocycles. The molecule has 0 saturated heterocycles. The molecule has 1 aromatic carbocycles. The van der Waals surface area contributed by atoms with Gasteiger partial charge in [-0.1, -0.05) is 78.1 Å². The molecule has 0 aromatic heterocycles. The van der Waals surface area contributed by atoms with E-state index < -0.39 is 15.4 Å². The van der Waals surface area contributed by atoms with E-state index in [1.807, 2.05) is 0 Å². The zero-order valence-electron chi connectivity index (χ0n) is 17.4. The quantitative estimate of drug-likeness (QED) is 0.270. The molecule has 27 heavy (non-hydrogen) atoms. The van der Waals surface area contributed by atoms with Crippen LogP contribution in [0.3, 0.4) is 0 Å². The fraction of sp³-hybridized carbons (Fsp3) is 0.727. The summed E-state index contributed by atoms with van der Waals surface area (Å²) in [7, 11) is -3.67. The summed E-state index contributed by atoms with van der Waals surface area (Å²) in [6.07, 6.45) is 12.6. The molecule has 0 aliphatic rings. The maximum Gasteiger partial charge on any atom is 0.312 e. The van der Waals surface area contributed by atoms with Gasteiger partial charge in [-0.25, -0.2) is 0 Å². The minimum Gasteiger partial charge on any atom is -0.508 e. The Balaban J connectivity index is 2.62. The Labute approximate surface area is 166 Å². The van der Waals surface area contributed by atoms with Crippen LogP contribution in [-0.2, 0) is 10.1 Å². The molecule has 0 saturated carbocycles. The topological polar surface area (TPSA) is 63.6 Å². The minimum absolute atomic E-state index is 0.141. The first-order valence-corrected chi connectivity index (χ1v) is 12.1. The molecular formula is C22H38O4S. The third-order valence-corrected chi connectivity index (χ3v) is 6.76. The van der Waals surface area contributed by atoms with E-state index in [2.05, 4.69) is 13.8 Å². The van der Waals surface area contributed by atoms with Crippen LogP contribution in [0.4, 0.5) is 0 Å². The van der Waals surface area contributed by atoms with Crippen molar-refractivity contribution in [3.63, 3.8) is 0 Å². The highest BCUT2D eigenvalue weighted by atomic mass is 32.2. The van der Waals surface area contributed by atoms with Crippen molar-refractivity contribution in [3.05, 3.63) is 23.8 Å². The number of aryl methyl sites for hydroxylation is 1. The van der Waals surface area contributed by atoms with Crippen molar-refractivity contribution in [1.82, 2.24) is 0 Å². The van der Waals surface area contributed by atoms with E-state index in [9.17, 15) is 13.5 Å². The smallest absolute Gasteiger partial charge is 0.312 e. The van der Waals surface area contributed by atoms with Gasteiger partial charge in [0.05, 0.1) is 5.25 Å². The summed E-state index contributed by atoms with van der Waals surface area (Å²) in [5, 5.41) is 9.16. The Kier molecular flexibility index (Phi) is 11.5. The predicted octanol–water partition coefficient (Wildman–Crippen LogP) is 6.50. The normalized spacial score (nSPS) is 12.9. The zero-order chi connectivity index (χ0) is 20.1. The largest absolute Gasteiger partial charge is 0.508 e. The lowest BCUT2D eigenvalue weighted by molar-refractivity contribution is 0.444. The summed E-state index contributed by atoms with van der Waals surface area (Å²) < 4.78 is 31.0. The van der Waals surface area contributed by atoms with Gasteiger partial charge in [-0.15, -0.1) is 0 Å². The summed E-state index contributed by atoms with van der Waals surface area (Å²) in [5.41, 5.74) is 0.609. The first-order chi connectivity index (χ1) is 12.9. The highest BCUT2D eigenvalue weighted by Crippen LogP contribution is 2.26. The SMILES string of the molecule is CCCCCCCCCC(CCCCC)S(=O)(=O)Oc1ccc(O)c(C)c1. The second-order valence-electron chi connectivity index (χ2n) is 7.55. The first-order valence-electron chi connectivity index (χ1n) is 10.6. The van der Waals surface area contributed by atoms with Gasteiger partial charge < -0.3 is 9.29 Å². The molecule has 0 spiro atoms. The van der Waals surface area contributed by atoms with Crippen LogP contribution in [0.1, 0.15) is 96.5 Å². The third-order valence-electron chi connectivity index (χ3n) is 5.05. The molecule has 1 N–H and O–H groups in total. The second kappa shape index (κ2) is 13.0. The molecule has 4 nitrogen and oxygen atoms in total. The van der Waals surface area contributed by atoms with E-state index in [1.165, 1.54) is 44.2 Å². The van der Waals surface area contributed by atoms with Gasteiger partial charge in [-0.2, -0.15) is 8.42 Å². The highest BCUT2D eigenvalue weighted by molar-refractivity contribution is 7.87. The summed E-state index contributed by atoms with van der Waals surface area (Å²) in [6.45, 7) is 6.06. The molecule has 0 amide bonds. The van der Waals surface area contributed by atoms with Crippen LogP contribution in [0.5, 0.6) is 11.5 Å². The van der Waals surface area contributed by atoms with Crippen LogP contribution in [0.2, 0.25) is 0 Å². The Hall–Kier alpha value is -1.23. The maximum atomic E-state index is 12.8. The molecule has 5 heteroatoms.